The van der Waals surface area contributed by atoms with E-state index in [-0.39, 0.29) is 29.4 Å². The average molecular weight is 388 g/mol. The van der Waals surface area contributed by atoms with Crippen LogP contribution in [0.25, 0.3) is 11.3 Å². The molecule has 1 unspecified atom stereocenters. The number of sulfonamides is 1. The number of benzene rings is 1. The van der Waals surface area contributed by atoms with Crippen molar-refractivity contribution >= 4 is 22.4 Å². The Morgan fingerprint density at radius 2 is 2.16 bits per heavy atom. The Morgan fingerprint density at radius 1 is 1.36 bits per heavy atom. The minimum atomic E-state index is -3.69. The van der Waals surface area contributed by atoms with E-state index >= 15 is 0 Å². The second-order valence-corrected chi connectivity index (χ2v) is 7.68. The molecule has 0 spiro atoms. The summed E-state index contributed by atoms with van der Waals surface area (Å²) in [4.78, 5) is 0.173. The molecule has 9 heteroatoms. The number of methoxy groups -OCH3 is 1. The summed E-state index contributed by atoms with van der Waals surface area (Å²) in [5, 5.41) is 7.01. The maximum atomic E-state index is 12.8. The third-order valence-electron chi connectivity index (χ3n) is 4.23. The minimum absolute atomic E-state index is 0. The maximum absolute atomic E-state index is 12.8. The summed E-state index contributed by atoms with van der Waals surface area (Å²) in [6, 6.07) is 8.35. The van der Waals surface area contributed by atoms with Crippen LogP contribution in [0.5, 0.6) is 0 Å². The summed E-state index contributed by atoms with van der Waals surface area (Å²) in [6.45, 7) is 1.59. The molecule has 25 heavy (non-hydrogen) atoms. The molecule has 7 nitrogen and oxygen atoms in total. The van der Waals surface area contributed by atoms with Gasteiger partial charge in [-0.3, -0.25) is 0 Å². The number of nitrogens with one attached hydrogen (secondary N) is 2. The van der Waals surface area contributed by atoms with Gasteiger partial charge in [0.2, 0.25) is 10.0 Å². The van der Waals surface area contributed by atoms with Crippen LogP contribution in [-0.2, 0) is 14.8 Å². The van der Waals surface area contributed by atoms with Crippen LogP contribution in [0.1, 0.15) is 12.8 Å². The molecular weight excluding hydrogens is 366 g/mol. The van der Waals surface area contributed by atoms with E-state index in [4.69, 9.17) is 9.26 Å². The Labute approximate surface area is 153 Å². The first-order valence-electron chi connectivity index (χ1n) is 7.80. The van der Waals surface area contributed by atoms with Gasteiger partial charge in [0.15, 0.2) is 5.76 Å². The topological polar surface area (TPSA) is 93.5 Å². The van der Waals surface area contributed by atoms with Gasteiger partial charge in [-0.15, -0.1) is 12.4 Å². The Kier molecular flexibility index (Phi) is 6.59. The predicted octanol–water partition coefficient (Wildman–Crippen LogP) is 1.81. The van der Waals surface area contributed by atoms with E-state index in [0.717, 1.165) is 19.4 Å². The van der Waals surface area contributed by atoms with Gasteiger partial charge in [-0.2, -0.15) is 0 Å². The van der Waals surface area contributed by atoms with Crippen molar-refractivity contribution in [1.29, 1.82) is 0 Å². The fourth-order valence-corrected chi connectivity index (χ4v) is 4.38. The van der Waals surface area contributed by atoms with Crippen molar-refractivity contribution in [2.75, 3.05) is 26.8 Å². The number of ether oxygens (including phenoxy) is 1. The Balaban J connectivity index is 0.00000225. The second kappa shape index (κ2) is 8.29. The largest absolute Gasteiger partial charge is 0.383 e. The molecule has 1 atom stereocenters. The number of hydrogen-bond acceptors (Lipinski definition) is 6. The van der Waals surface area contributed by atoms with Crippen LogP contribution in [0.4, 0.5) is 0 Å². The highest BCUT2D eigenvalue weighted by Gasteiger charge is 2.35. The molecule has 138 valence electrons. The third kappa shape index (κ3) is 4.39. The first kappa shape index (κ1) is 19.9. The van der Waals surface area contributed by atoms with E-state index in [1.54, 1.807) is 37.4 Å². The second-order valence-electron chi connectivity index (χ2n) is 5.94. The molecule has 1 aliphatic heterocycles. The molecule has 0 bridgehead atoms. The summed E-state index contributed by atoms with van der Waals surface area (Å²) >= 11 is 0. The molecule has 0 aliphatic carbocycles. The average Bonchev–Trinajstić information content (AvgIpc) is 3.26. The quantitative estimate of drug-likeness (QED) is 0.752. The summed E-state index contributed by atoms with van der Waals surface area (Å²) < 4.78 is 38.7. The van der Waals surface area contributed by atoms with Crippen LogP contribution in [-0.4, -0.2) is 45.9 Å². The SMILES string of the molecule is COCC1(CNS(=O)(=O)c2ccccc2-c2ccno2)CCCN1.Cl. The highest BCUT2D eigenvalue weighted by atomic mass is 35.5. The highest BCUT2D eigenvalue weighted by molar-refractivity contribution is 7.89. The Morgan fingerprint density at radius 3 is 2.80 bits per heavy atom. The van der Waals surface area contributed by atoms with Gasteiger partial charge in [0.05, 0.1) is 23.2 Å². The lowest BCUT2D eigenvalue weighted by Gasteiger charge is -2.29. The first-order valence-corrected chi connectivity index (χ1v) is 9.28. The molecule has 1 aromatic heterocycles. The summed E-state index contributed by atoms with van der Waals surface area (Å²) in [5.74, 6) is 0.418. The molecule has 0 saturated carbocycles. The van der Waals surface area contributed by atoms with Crippen molar-refractivity contribution < 1.29 is 17.7 Å². The lowest BCUT2D eigenvalue weighted by molar-refractivity contribution is 0.122. The fraction of sp³-hybridized carbons (Fsp3) is 0.438. The van der Waals surface area contributed by atoms with Gasteiger partial charge in [-0.05, 0) is 31.5 Å². The molecule has 1 aromatic carbocycles. The highest BCUT2D eigenvalue weighted by Crippen LogP contribution is 2.27. The summed E-state index contributed by atoms with van der Waals surface area (Å²) in [7, 11) is -2.07. The zero-order valence-electron chi connectivity index (χ0n) is 13.9. The van der Waals surface area contributed by atoms with Gasteiger partial charge in [0.1, 0.15) is 0 Å². The smallest absolute Gasteiger partial charge is 0.241 e. The van der Waals surface area contributed by atoms with Gasteiger partial charge in [0, 0.05) is 25.3 Å². The molecule has 1 saturated heterocycles. The van der Waals surface area contributed by atoms with Crippen molar-refractivity contribution in [2.45, 2.75) is 23.3 Å². The zero-order chi connectivity index (χ0) is 17.0. The number of rotatable bonds is 7. The van der Waals surface area contributed by atoms with E-state index in [1.807, 2.05) is 0 Å². The number of nitrogens with zero attached hydrogens (tertiary/aromatic N) is 1. The molecule has 0 radical (unpaired) electrons. The van der Waals surface area contributed by atoms with Crippen LogP contribution in [0.2, 0.25) is 0 Å². The molecule has 1 fully saturated rings. The maximum Gasteiger partial charge on any atom is 0.241 e. The first-order chi connectivity index (χ1) is 11.6. The van der Waals surface area contributed by atoms with Crippen molar-refractivity contribution in [3.05, 3.63) is 36.5 Å². The molecule has 0 amide bonds. The number of halogens is 1. The van der Waals surface area contributed by atoms with E-state index in [9.17, 15) is 8.42 Å². The van der Waals surface area contributed by atoms with E-state index < -0.39 is 10.0 Å². The Bertz CT molecular complexity index is 774. The van der Waals surface area contributed by atoms with Gasteiger partial charge in [-0.1, -0.05) is 17.3 Å². The molecule has 2 N–H and O–H groups in total. The van der Waals surface area contributed by atoms with Gasteiger partial charge in [-0.25, -0.2) is 13.1 Å². The normalized spacial score (nSPS) is 20.4. The summed E-state index contributed by atoms with van der Waals surface area (Å²) in [6.07, 6.45) is 3.36. The van der Waals surface area contributed by atoms with Crippen LogP contribution in [0, 0.1) is 0 Å². The van der Waals surface area contributed by atoms with Crippen LogP contribution >= 0.6 is 12.4 Å². The Hall–Kier alpha value is -1.45. The van der Waals surface area contributed by atoms with Crippen LogP contribution in [0.15, 0.2) is 45.9 Å². The number of hydrogen-bond donors (Lipinski definition) is 2. The standard InChI is InChI=1S/C16H21N3O4S.ClH/c1-22-12-16(8-4-9-17-16)11-19-24(20,21)15-6-3-2-5-13(15)14-7-10-18-23-14;/h2-3,5-7,10,17,19H,4,8-9,11-12H2,1H3;1H. The fourth-order valence-electron chi connectivity index (χ4n) is 3.04. The molecule has 2 aromatic rings. The summed E-state index contributed by atoms with van der Waals surface area (Å²) in [5.41, 5.74) is 0.130. The van der Waals surface area contributed by atoms with Gasteiger partial charge >= 0.3 is 0 Å². The van der Waals surface area contributed by atoms with Crippen molar-refractivity contribution in [1.82, 2.24) is 15.2 Å². The third-order valence-corrected chi connectivity index (χ3v) is 5.69. The molecule has 1 aliphatic rings. The van der Waals surface area contributed by atoms with Crippen molar-refractivity contribution in [3.63, 3.8) is 0 Å². The predicted molar refractivity (Wildman–Crippen MR) is 96.2 cm³/mol. The lowest BCUT2D eigenvalue weighted by atomic mass is 9.99. The van der Waals surface area contributed by atoms with E-state index in [2.05, 4.69) is 15.2 Å². The molecule has 3 rings (SSSR count). The minimum Gasteiger partial charge on any atom is -0.383 e. The monoisotopic (exact) mass is 387 g/mol. The molecule has 2 heterocycles. The number of aromatic nitrogens is 1. The van der Waals surface area contributed by atoms with Crippen molar-refractivity contribution in [2.24, 2.45) is 0 Å². The molecular formula is C16H22ClN3O4S. The van der Waals surface area contributed by atoms with Crippen LogP contribution < -0.4 is 10.0 Å². The van der Waals surface area contributed by atoms with E-state index in [0.29, 0.717) is 17.9 Å². The van der Waals surface area contributed by atoms with Crippen molar-refractivity contribution in [3.8, 4) is 11.3 Å². The zero-order valence-corrected chi connectivity index (χ0v) is 15.5. The lowest BCUT2D eigenvalue weighted by Crippen LogP contribution is -2.52. The van der Waals surface area contributed by atoms with E-state index in [1.165, 1.54) is 6.20 Å². The van der Waals surface area contributed by atoms with Crippen LogP contribution in [0.3, 0.4) is 0 Å². The van der Waals surface area contributed by atoms with Gasteiger partial charge < -0.3 is 14.6 Å². The van der Waals surface area contributed by atoms with Gasteiger partial charge in [0.25, 0.3) is 0 Å².